The minimum absolute atomic E-state index is 0.0454. The van der Waals surface area contributed by atoms with E-state index >= 15 is 0 Å². The second kappa shape index (κ2) is 7.39. The first-order chi connectivity index (χ1) is 12.0. The highest BCUT2D eigenvalue weighted by atomic mass is 16.5. The van der Waals surface area contributed by atoms with Gasteiger partial charge in [-0.05, 0) is 12.3 Å². The molecule has 2 aromatic heterocycles. The van der Waals surface area contributed by atoms with Crippen LogP contribution < -0.4 is 0 Å². The van der Waals surface area contributed by atoms with E-state index in [-0.39, 0.29) is 12.0 Å². The Kier molecular flexibility index (Phi) is 5.22. The number of rotatable bonds is 5. The van der Waals surface area contributed by atoms with Crippen molar-refractivity contribution in [2.75, 3.05) is 19.7 Å². The predicted octanol–water partition coefficient (Wildman–Crippen LogP) is 2.05. The van der Waals surface area contributed by atoms with Crippen LogP contribution in [0, 0.1) is 5.92 Å². The van der Waals surface area contributed by atoms with Gasteiger partial charge in [-0.2, -0.15) is 10.2 Å². The number of nitrogens with zero attached hydrogens (tertiary/aromatic N) is 5. The normalized spacial score (nSPS) is 18.1. The summed E-state index contributed by atoms with van der Waals surface area (Å²) in [6, 6.07) is 0. The third-order valence-corrected chi connectivity index (χ3v) is 4.50. The van der Waals surface area contributed by atoms with Gasteiger partial charge >= 0.3 is 0 Å². The summed E-state index contributed by atoms with van der Waals surface area (Å²) in [5, 5.41) is 8.65. The molecule has 0 spiro atoms. The van der Waals surface area contributed by atoms with Crippen LogP contribution in [-0.4, -0.2) is 50.1 Å². The van der Waals surface area contributed by atoms with E-state index in [1.807, 2.05) is 22.8 Å². The number of aromatic nitrogens is 4. The molecule has 0 bridgehead atoms. The van der Waals surface area contributed by atoms with Gasteiger partial charge in [-0.15, -0.1) is 0 Å². The highest BCUT2D eigenvalue weighted by molar-refractivity contribution is 5.95. The van der Waals surface area contributed by atoms with Crippen molar-refractivity contribution in [1.82, 2.24) is 24.5 Å². The first-order valence-corrected chi connectivity index (χ1v) is 8.93. The summed E-state index contributed by atoms with van der Waals surface area (Å²) < 4.78 is 9.56. The standard InChI is InChI=1S/C18H27N5O2/c1-5-16-15(9-20-23(16)10-13(2)3)18(24)22-6-7-25-17(12-22)14-8-19-21(4)11-14/h8-9,11,13,17H,5-7,10,12H2,1-4H3. The average Bonchev–Trinajstić information content (AvgIpc) is 3.20. The fourth-order valence-corrected chi connectivity index (χ4v) is 3.28. The summed E-state index contributed by atoms with van der Waals surface area (Å²) in [6.45, 7) is 8.90. The molecule has 0 N–H and O–H groups in total. The molecule has 1 fully saturated rings. The number of carbonyl (C=O) groups excluding carboxylic acids is 1. The predicted molar refractivity (Wildman–Crippen MR) is 94.2 cm³/mol. The van der Waals surface area contributed by atoms with Gasteiger partial charge in [-0.25, -0.2) is 0 Å². The van der Waals surface area contributed by atoms with Crippen LogP contribution in [0.1, 0.15) is 48.5 Å². The Morgan fingerprint density at radius 1 is 1.36 bits per heavy atom. The first-order valence-electron chi connectivity index (χ1n) is 8.93. The van der Waals surface area contributed by atoms with Crippen LogP contribution in [0.15, 0.2) is 18.6 Å². The molecule has 7 heteroatoms. The number of carbonyl (C=O) groups is 1. The van der Waals surface area contributed by atoms with Crippen LogP contribution in [0.2, 0.25) is 0 Å². The van der Waals surface area contributed by atoms with Crippen LogP contribution >= 0.6 is 0 Å². The van der Waals surface area contributed by atoms with Gasteiger partial charge in [0.15, 0.2) is 0 Å². The minimum atomic E-state index is -0.123. The Labute approximate surface area is 148 Å². The Morgan fingerprint density at radius 2 is 2.16 bits per heavy atom. The molecule has 1 saturated heterocycles. The number of morpholine rings is 1. The van der Waals surface area contributed by atoms with Crippen LogP contribution in [0.4, 0.5) is 0 Å². The SMILES string of the molecule is CCc1c(C(=O)N2CCOC(c3cnn(C)c3)C2)cnn1CC(C)C. The molecule has 3 heterocycles. The van der Waals surface area contributed by atoms with Gasteiger partial charge < -0.3 is 9.64 Å². The molecule has 25 heavy (non-hydrogen) atoms. The molecule has 7 nitrogen and oxygen atoms in total. The Hall–Kier alpha value is -2.15. The molecule has 1 unspecified atom stereocenters. The molecule has 1 atom stereocenters. The number of ether oxygens (including phenoxy) is 1. The van der Waals surface area contributed by atoms with Crippen molar-refractivity contribution in [2.24, 2.45) is 13.0 Å². The number of aryl methyl sites for hydroxylation is 1. The van der Waals surface area contributed by atoms with Gasteiger partial charge in [-0.3, -0.25) is 14.2 Å². The summed E-state index contributed by atoms with van der Waals surface area (Å²) in [5.41, 5.74) is 2.74. The van der Waals surface area contributed by atoms with Crippen LogP contribution in [-0.2, 0) is 24.8 Å². The largest absolute Gasteiger partial charge is 0.370 e. The monoisotopic (exact) mass is 345 g/mol. The van der Waals surface area contributed by atoms with Crippen molar-refractivity contribution in [3.8, 4) is 0 Å². The van der Waals surface area contributed by atoms with Crippen molar-refractivity contribution in [3.05, 3.63) is 35.4 Å². The molecule has 0 aromatic carbocycles. The average molecular weight is 345 g/mol. The molecular formula is C18H27N5O2. The van der Waals surface area contributed by atoms with Gasteiger partial charge in [0.05, 0.1) is 36.8 Å². The number of hydrogen-bond acceptors (Lipinski definition) is 4. The van der Waals surface area contributed by atoms with E-state index in [0.717, 1.165) is 29.8 Å². The van der Waals surface area contributed by atoms with E-state index in [9.17, 15) is 4.79 Å². The molecule has 0 radical (unpaired) electrons. The van der Waals surface area contributed by atoms with Crippen LogP contribution in [0.25, 0.3) is 0 Å². The van der Waals surface area contributed by atoms with E-state index in [1.165, 1.54) is 0 Å². The molecule has 1 aliphatic heterocycles. The molecule has 0 aliphatic carbocycles. The quantitative estimate of drug-likeness (QED) is 0.832. The van der Waals surface area contributed by atoms with E-state index in [4.69, 9.17) is 4.74 Å². The maximum Gasteiger partial charge on any atom is 0.257 e. The lowest BCUT2D eigenvalue weighted by atomic mass is 10.1. The molecule has 1 amide bonds. The lowest BCUT2D eigenvalue weighted by Gasteiger charge is -2.32. The summed E-state index contributed by atoms with van der Waals surface area (Å²) in [7, 11) is 1.88. The van der Waals surface area contributed by atoms with Crippen molar-refractivity contribution in [2.45, 2.75) is 39.8 Å². The molecule has 3 rings (SSSR count). The summed E-state index contributed by atoms with van der Waals surface area (Å²) >= 11 is 0. The number of amides is 1. The van der Waals surface area contributed by atoms with E-state index < -0.39 is 0 Å². The Balaban J connectivity index is 1.77. The van der Waals surface area contributed by atoms with Gasteiger partial charge in [0.1, 0.15) is 6.10 Å². The number of hydrogen-bond donors (Lipinski definition) is 0. The van der Waals surface area contributed by atoms with Gasteiger partial charge in [-0.1, -0.05) is 20.8 Å². The fraction of sp³-hybridized carbons (Fsp3) is 0.611. The first kappa shape index (κ1) is 17.7. The van der Waals surface area contributed by atoms with Crippen LogP contribution in [0.3, 0.4) is 0 Å². The van der Waals surface area contributed by atoms with Crippen molar-refractivity contribution < 1.29 is 9.53 Å². The smallest absolute Gasteiger partial charge is 0.257 e. The summed E-state index contributed by atoms with van der Waals surface area (Å²) in [5.74, 6) is 0.538. The van der Waals surface area contributed by atoms with Crippen molar-refractivity contribution in [3.63, 3.8) is 0 Å². The molecule has 1 aliphatic rings. The topological polar surface area (TPSA) is 65.2 Å². The summed E-state index contributed by atoms with van der Waals surface area (Å²) in [4.78, 5) is 14.9. The second-order valence-electron chi connectivity index (χ2n) is 6.99. The molecule has 2 aromatic rings. The summed E-state index contributed by atoms with van der Waals surface area (Å²) in [6.07, 6.45) is 6.14. The fourth-order valence-electron chi connectivity index (χ4n) is 3.28. The lowest BCUT2D eigenvalue weighted by molar-refractivity contribution is -0.0228. The van der Waals surface area contributed by atoms with Crippen LogP contribution in [0.5, 0.6) is 0 Å². The van der Waals surface area contributed by atoms with E-state index in [0.29, 0.717) is 25.6 Å². The third-order valence-electron chi connectivity index (χ3n) is 4.50. The lowest BCUT2D eigenvalue weighted by Crippen LogP contribution is -2.42. The third kappa shape index (κ3) is 3.76. The minimum Gasteiger partial charge on any atom is -0.370 e. The van der Waals surface area contributed by atoms with Crippen molar-refractivity contribution >= 4 is 5.91 Å². The van der Waals surface area contributed by atoms with Gasteiger partial charge in [0.2, 0.25) is 0 Å². The van der Waals surface area contributed by atoms with E-state index in [1.54, 1.807) is 17.1 Å². The Morgan fingerprint density at radius 3 is 2.80 bits per heavy atom. The zero-order valence-corrected chi connectivity index (χ0v) is 15.5. The molecular weight excluding hydrogens is 318 g/mol. The van der Waals surface area contributed by atoms with Crippen molar-refractivity contribution in [1.29, 1.82) is 0 Å². The van der Waals surface area contributed by atoms with E-state index in [2.05, 4.69) is 31.0 Å². The zero-order chi connectivity index (χ0) is 18.0. The second-order valence-corrected chi connectivity index (χ2v) is 6.99. The molecule has 136 valence electrons. The van der Waals surface area contributed by atoms with Gasteiger partial charge in [0, 0.05) is 31.9 Å². The maximum absolute atomic E-state index is 13.1. The highest BCUT2D eigenvalue weighted by Crippen LogP contribution is 2.24. The maximum atomic E-state index is 13.1. The Bertz CT molecular complexity index is 734. The highest BCUT2D eigenvalue weighted by Gasteiger charge is 2.29. The zero-order valence-electron chi connectivity index (χ0n) is 15.5. The van der Waals surface area contributed by atoms with Gasteiger partial charge in [0.25, 0.3) is 5.91 Å². The molecule has 0 saturated carbocycles.